The van der Waals surface area contributed by atoms with Crippen LogP contribution in [0.15, 0.2) is 12.2 Å². The maximum atomic E-state index is 11.2. The van der Waals surface area contributed by atoms with Crippen molar-refractivity contribution in [3.63, 3.8) is 0 Å². The maximum absolute atomic E-state index is 11.2. The SMILES string of the molecule is C=C(C)C(=O)OCCCCCCCCCCCCCCCCCCCCO. The Morgan fingerprint density at radius 1 is 0.630 bits per heavy atom. The van der Waals surface area contributed by atoms with Gasteiger partial charge in [0.25, 0.3) is 0 Å². The molecule has 0 bridgehead atoms. The van der Waals surface area contributed by atoms with Gasteiger partial charge in [0.15, 0.2) is 0 Å². The summed E-state index contributed by atoms with van der Waals surface area (Å²) in [7, 11) is 0. The maximum Gasteiger partial charge on any atom is 0.333 e. The molecule has 0 aliphatic rings. The highest BCUT2D eigenvalue weighted by Crippen LogP contribution is 2.14. The van der Waals surface area contributed by atoms with Crippen LogP contribution >= 0.6 is 0 Å². The number of unbranched alkanes of at least 4 members (excludes halogenated alkanes) is 17. The van der Waals surface area contributed by atoms with Crippen molar-refractivity contribution in [2.24, 2.45) is 0 Å². The zero-order chi connectivity index (χ0) is 20.0. The van der Waals surface area contributed by atoms with E-state index in [1.165, 1.54) is 96.3 Å². The van der Waals surface area contributed by atoms with E-state index < -0.39 is 0 Å². The molecule has 0 spiro atoms. The Hall–Kier alpha value is -0.830. The first-order chi connectivity index (χ1) is 13.2. The first kappa shape index (κ1) is 26.2. The van der Waals surface area contributed by atoms with Crippen LogP contribution in [0.1, 0.15) is 122 Å². The molecule has 0 saturated carbocycles. The summed E-state index contributed by atoms with van der Waals surface area (Å²) in [6.07, 6.45) is 23.4. The Kier molecular flexibility index (Phi) is 20.8. The van der Waals surface area contributed by atoms with E-state index in [2.05, 4.69) is 6.58 Å². The van der Waals surface area contributed by atoms with Crippen molar-refractivity contribution in [1.29, 1.82) is 0 Å². The van der Waals surface area contributed by atoms with Crippen molar-refractivity contribution in [3.8, 4) is 0 Å². The van der Waals surface area contributed by atoms with Crippen molar-refractivity contribution in [2.75, 3.05) is 13.2 Å². The summed E-state index contributed by atoms with van der Waals surface area (Å²) in [6.45, 7) is 6.16. The molecule has 0 saturated heterocycles. The molecule has 0 atom stereocenters. The minimum atomic E-state index is -0.260. The van der Waals surface area contributed by atoms with Crippen molar-refractivity contribution in [2.45, 2.75) is 122 Å². The van der Waals surface area contributed by atoms with Gasteiger partial charge < -0.3 is 9.84 Å². The molecule has 0 aliphatic heterocycles. The van der Waals surface area contributed by atoms with Gasteiger partial charge in [-0.05, 0) is 19.8 Å². The predicted octanol–water partition coefficient (Wildman–Crippen LogP) is 7.12. The Balaban J connectivity index is 3.05. The summed E-state index contributed by atoms with van der Waals surface area (Å²) in [5.41, 5.74) is 0.486. The quantitative estimate of drug-likeness (QED) is 0.131. The zero-order valence-electron chi connectivity index (χ0n) is 18.1. The number of carbonyl (C=O) groups is 1. The number of carbonyl (C=O) groups excluding carboxylic acids is 1. The van der Waals surface area contributed by atoms with Crippen LogP contribution in [0.5, 0.6) is 0 Å². The molecular weight excluding hydrogens is 336 g/mol. The van der Waals surface area contributed by atoms with E-state index >= 15 is 0 Å². The third kappa shape index (κ3) is 21.3. The molecule has 0 amide bonds. The van der Waals surface area contributed by atoms with E-state index in [9.17, 15) is 4.79 Å². The van der Waals surface area contributed by atoms with Crippen molar-refractivity contribution in [1.82, 2.24) is 0 Å². The predicted molar refractivity (Wildman–Crippen MR) is 116 cm³/mol. The first-order valence-electron chi connectivity index (χ1n) is 11.6. The lowest BCUT2D eigenvalue weighted by Gasteiger charge is -2.05. The zero-order valence-corrected chi connectivity index (χ0v) is 18.1. The molecule has 27 heavy (non-hydrogen) atoms. The van der Waals surface area contributed by atoms with Crippen LogP contribution in [0.3, 0.4) is 0 Å². The fourth-order valence-corrected chi connectivity index (χ4v) is 3.33. The van der Waals surface area contributed by atoms with E-state index in [1.54, 1.807) is 6.92 Å². The van der Waals surface area contributed by atoms with Gasteiger partial charge in [0.1, 0.15) is 0 Å². The molecule has 160 valence electrons. The second kappa shape index (κ2) is 21.5. The number of hydrogen-bond acceptors (Lipinski definition) is 3. The molecule has 3 heteroatoms. The van der Waals surface area contributed by atoms with Gasteiger partial charge in [-0.15, -0.1) is 0 Å². The van der Waals surface area contributed by atoms with Gasteiger partial charge in [-0.25, -0.2) is 4.79 Å². The molecule has 0 aliphatic carbocycles. The molecule has 0 unspecified atom stereocenters. The first-order valence-corrected chi connectivity index (χ1v) is 11.6. The number of hydrogen-bond donors (Lipinski definition) is 1. The normalized spacial score (nSPS) is 10.9. The molecule has 0 heterocycles. The minimum Gasteiger partial charge on any atom is -0.462 e. The molecule has 1 N–H and O–H groups in total. The van der Waals surface area contributed by atoms with Crippen LogP contribution in [-0.4, -0.2) is 24.3 Å². The van der Waals surface area contributed by atoms with Crippen LogP contribution in [0, 0.1) is 0 Å². The fraction of sp³-hybridized carbons (Fsp3) is 0.875. The number of aliphatic hydroxyl groups excluding tert-OH is 1. The van der Waals surface area contributed by atoms with Gasteiger partial charge in [0, 0.05) is 12.2 Å². The van der Waals surface area contributed by atoms with E-state index in [-0.39, 0.29) is 5.97 Å². The van der Waals surface area contributed by atoms with Gasteiger partial charge in [-0.2, -0.15) is 0 Å². The summed E-state index contributed by atoms with van der Waals surface area (Å²) < 4.78 is 5.09. The van der Waals surface area contributed by atoms with Crippen LogP contribution < -0.4 is 0 Å². The smallest absolute Gasteiger partial charge is 0.333 e. The minimum absolute atomic E-state index is 0.260. The molecule has 3 nitrogen and oxygen atoms in total. The van der Waals surface area contributed by atoms with Crippen molar-refractivity contribution >= 4 is 5.97 Å². The summed E-state index contributed by atoms with van der Waals surface area (Å²) in [5.74, 6) is -0.260. The molecule has 0 rings (SSSR count). The van der Waals surface area contributed by atoms with Crippen LogP contribution in [0.25, 0.3) is 0 Å². The average molecular weight is 383 g/mol. The average Bonchev–Trinajstić information content (AvgIpc) is 2.66. The van der Waals surface area contributed by atoms with E-state index in [4.69, 9.17) is 9.84 Å². The van der Waals surface area contributed by atoms with Gasteiger partial charge in [-0.1, -0.05) is 109 Å². The molecule has 0 aromatic carbocycles. The number of ether oxygens (including phenoxy) is 1. The van der Waals surface area contributed by atoms with Crippen LogP contribution in [-0.2, 0) is 9.53 Å². The van der Waals surface area contributed by atoms with E-state index in [0.29, 0.717) is 18.8 Å². The second-order valence-electron chi connectivity index (χ2n) is 8.00. The molecule has 0 aromatic heterocycles. The lowest BCUT2D eigenvalue weighted by atomic mass is 10.0. The van der Waals surface area contributed by atoms with E-state index in [0.717, 1.165) is 19.3 Å². The van der Waals surface area contributed by atoms with Gasteiger partial charge in [0.2, 0.25) is 0 Å². The molecule has 0 aromatic rings. The Bertz CT molecular complexity index is 339. The number of rotatable bonds is 21. The van der Waals surface area contributed by atoms with Gasteiger partial charge in [0.05, 0.1) is 6.61 Å². The Morgan fingerprint density at radius 2 is 0.926 bits per heavy atom. The summed E-state index contributed by atoms with van der Waals surface area (Å²) >= 11 is 0. The Morgan fingerprint density at radius 3 is 1.22 bits per heavy atom. The molecular formula is C24H46O3. The highest BCUT2D eigenvalue weighted by Gasteiger charge is 2.01. The van der Waals surface area contributed by atoms with Crippen LogP contribution in [0.2, 0.25) is 0 Å². The highest BCUT2D eigenvalue weighted by molar-refractivity contribution is 5.86. The summed E-state index contributed by atoms with van der Waals surface area (Å²) in [4.78, 5) is 11.2. The lowest BCUT2D eigenvalue weighted by Crippen LogP contribution is -2.05. The molecule has 0 radical (unpaired) electrons. The van der Waals surface area contributed by atoms with Gasteiger partial charge >= 0.3 is 5.97 Å². The third-order valence-electron chi connectivity index (χ3n) is 5.13. The monoisotopic (exact) mass is 382 g/mol. The van der Waals surface area contributed by atoms with Crippen molar-refractivity contribution < 1.29 is 14.6 Å². The van der Waals surface area contributed by atoms with E-state index in [1.807, 2.05) is 0 Å². The highest BCUT2D eigenvalue weighted by atomic mass is 16.5. The van der Waals surface area contributed by atoms with Crippen molar-refractivity contribution in [3.05, 3.63) is 12.2 Å². The largest absolute Gasteiger partial charge is 0.462 e. The van der Waals surface area contributed by atoms with Crippen LogP contribution in [0.4, 0.5) is 0 Å². The standard InChI is InChI=1S/C24H46O3/c1-23(2)24(26)27-22-20-18-16-14-12-10-8-6-4-3-5-7-9-11-13-15-17-19-21-25/h25H,1,3-22H2,2H3. The third-order valence-corrected chi connectivity index (χ3v) is 5.13. The van der Waals surface area contributed by atoms with Gasteiger partial charge in [-0.3, -0.25) is 0 Å². The summed E-state index contributed by atoms with van der Waals surface area (Å²) in [6, 6.07) is 0. The number of esters is 1. The summed E-state index contributed by atoms with van der Waals surface area (Å²) in [5, 5.41) is 8.72. The second-order valence-corrected chi connectivity index (χ2v) is 8.00. The topological polar surface area (TPSA) is 46.5 Å². The number of aliphatic hydroxyl groups is 1. The Labute approximate surface area is 169 Å². The lowest BCUT2D eigenvalue weighted by molar-refractivity contribution is -0.139. The fourth-order valence-electron chi connectivity index (χ4n) is 3.33. The molecule has 0 fully saturated rings.